The van der Waals surface area contributed by atoms with E-state index in [4.69, 9.17) is 0 Å². The summed E-state index contributed by atoms with van der Waals surface area (Å²) in [6.07, 6.45) is 1.69. The Kier molecular flexibility index (Phi) is 6.23. The molecule has 4 rings (SSSR count). The van der Waals surface area contributed by atoms with E-state index >= 15 is 0 Å². The number of nitrogens with one attached hydrogen (secondary N) is 2. The number of para-hydroxylation sites is 1. The van der Waals surface area contributed by atoms with Crippen LogP contribution in [0.25, 0.3) is 10.9 Å². The molecular weight excluding hydrogens is 442 g/mol. The molecule has 2 aromatic carbocycles. The number of likely N-dealkylation sites (tertiary alicyclic amines) is 1. The Morgan fingerprint density at radius 1 is 1.13 bits per heavy atom. The van der Waals surface area contributed by atoms with Gasteiger partial charge in [0.1, 0.15) is 5.69 Å². The summed E-state index contributed by atoms with van der Waals surface area (Å²) >= 11 is 3.46. The van der Waals surface area contributed by atoms with Crippen LogP contribution in [0.3, 0.4) is 0 Å². The Labute approximate surface area is 185 Å². The number of aromatic nitrogens is 1. The van der Waals surface area contributed by atoms with Crippen molar-refractivity contribution in [3.63, 3.8) is 0 Å². The molecule has 0 spiro atoms. The van der Waals surface area contributed by atoms with E-state index < -0.39 is 0 Å². The summed E-state index contributed by atoms with van der Waals surface area (Å²) in [5, 5.41) is 4.10. The van der Waals surface area contributed by atoms with Crippen molar-refractivity contribution in [1.29, 1.82) is 0 Å². The number of carbonyl (C=O) groups is 2. The molecule has 1 aliphatic heterocycles. The minimum atomic E-state index is -0.0671. The molecule has 156 valence electrons. The second-order valence-electron chi connectivity index (χ2n) is 8.04. The molecule has 0 aliphatic carbocycles. The molecule has 2 amide bonds. The SMILES string of the molecule is C[C@H](C(=O)NCc1cccc(Br)c1)C1CCN(C(=O)c2cc3ccccc3[nH]2)CC1. The zero-order valence-electron chi connectivity index (χ0n) is 17.0. The van der Waals surface area contributed by atoms with Crippen molar-refractivity contribution in [2.24, 2.45) is 11.8 Å². The lowest BCUT2D eigenvalue weighted by Gasteiger charge is -2.34. The van der Waals surface area contributed by atoms with Crippen molar-refractivity contribution < 1.29 is 9.59 Å². The van der Waals surface area contributed by atoms with Crippen molar-refractivity contribution in [2.75, 3.05) is 13.1 Å². The van der Waals surface area contributed by atoms with Crippen molar-refractivity contribution in [2.45, 2.75) is 26.3 Å². The molecule has 6 heteroatoms. The number of fused-ring (bicyclic) bond motifs is 1. The average molecular weight is 468 g/mol. The summed E-state index contributed by atoms with van der Waals surface area (Å²) in [6.45, 7) is 3.89. The standard InChI is InChI=1S/C24H26BrN3O2/c1-16(23(29)26-15-17-5-4-7-20(25)13-17)18-9-11-28(12-10-18)24(30)22-14-19-6-2-3-8-21(19)27-22/h2-8,13-14,16,18,27H,9-12,15H2,1H3,(H,26,29)/t16-/m0/s1. The smallest absolute Gasteiger partial charge is 0.270 e. The summed E-state index contributed by atoms with van der Waals surface area (Å²) < 4.78 is 1.01. The fourth-order valence-corrected chi connectivity index (χ4v) is 4.62. The summed E-state index contributed by atoms with van der Waals surface area (Å²) in [7, 11) is 0. The lowest BCUT2D eigenvalue weighted by atomic mass is 9.84. The van der Waals surface area contributed by atoms with Gasteiger partial charge in [-0.15, -0.1) is 0 Å². The molecule has 30 heavy (non-hydrogen) atoms. The number of aromatic amines is 1. The molecular formula is C24H26BrN3O2. The first kappa shape index (κ1) is 20.7. The quantitative estimate of drug-likeness (QED) is 0.569. The molecule has 0 bridgehead atoms. The second kappa shape index (κ2) is 9.04. The Morgan fingerprint density at radius 2 is 1.90 bits per heavy atom. The van der Waals surface area contributed by atoms with Crippen molar-refractivity contribution in [1.82, 2.24) is 15.2 Å². The number of amides is 2. The lowest BCUT2D eigenvalue weighted by molar-refractivity contribution is -0.126. The van der Waals surface area contributed by atoms with Gasteiger partial charge in [0.05, 0.1) is 0 Å². The molecule has 1 atom stereocenters. The Balaban J connectivity index is 1.29. The molecule has 0 radical (unpaired) electrons. The fourth-order valence-electron chi connectivity index (χ4n) is 4.17. The van der Waals surface area contributed by atoms with Crippen LogP contribution in [-0.2, 0) is 11.3 Å². The van der Waals surface area contributed by atoms with E-state index in [1.54, 1.807) is 0 Å². The number of nitrogens with zero attached hydrogens (tertiary/aromatic N) is 1. The van der Waals surface area contributed by atoms with Gasteiger partial charge in [-0.05, 0) is 48.6 Å². The predicted octanol–water partition coefficient (Wildman–Crippen LogP) is 4.74. The minimum absolute atomic E-state index is 0.0383. The van der Waals surface area contributed by atoms with Crippen LogP contribution in [0, 0.1) is 11.8 Å². The molecule has 3 aromatic rings. The third-order valence-corrected chi connectivity index (χ3v) is 6.56. The van der Waals surface area contributed by atoms with Crippen LogP contribution in [0.4, 0.5) is 0 Å². The molecule has 1 aliphatic rings. The van der Waals surface area contributed by atoms with E-state index in [1.807, 2.05) is 66.4 Å². The Hall–Kier alpha value is -2.60. The molecule has 1 aromatic heterocycles. The van der Waals surface area contributed by atoms with Gasteiger partial charge in [0.2, 0.25) is 5.91 Å². The average Bonchev–Trinajstić information content (AvgIpc) is 3.21. The zero-order chi connectivity index (χ0) is 21.1. The molecule has 1 fully saturated rings. The van der Waals surface area contributed by atoms with E-state index in [-0.39, 0.29) is 17.7 Å². The van der Waals surface area contributed by atoms with Gasteiger partial charge in [-0.1, -0.05) is 53.2 Å². The maximum Gasteiger partial charge on any atom is 0.270 e. The molecule has 0 saturated carbocycles. The number of hydrogen-bond donors (Lipinski definition) is 2. The van der Waals surface area contributed by atoms with Gasteiger partial charge >= 0.3 is 0 Å². The van der Waals surface area contributed by atoms with Gasteiger partial charge in [0.25, 0.3) is 5.91 Å². The first-order chi connectivity index (χ1) is 14.5. The monoisotopic (exact) mass is 467 g/mol. The van der Waals surface area contributed by atoms with Crippen LogP contribution >= 0.6 is 15.9 Å². The number of rotatable bonds is 5. The largest absolute Gasteiger partial charge is 0.352 e. The molecule has 0 unspecified atom stereocenters. The first-order valence-corrected chi connectivity index (χ1v) is 11.2. The fraction of sp³-hybridized carbons (Fsp3) is 0.333. The van der Waals surface area contributed by atoms with Gasteiger partial charge in [0, 0.05) is 40.9 Å². The summed E-state index contributed by atoms with van der Waals surface area (Å²) in [6, 6.07) is 17.8. The van der Waals surface area contributed by atoms with Crippen LogP contribution in [0.15, 0.2) is 59.1 Å². The van der Waals surface area contributed by atoms with Crippen molar-refractivity contribution in [3.8, 4) is 0 Å². The second-order valence-corrected chi connectivity index (χ2v) is 8.95. The van der Waals surface area contributed by atoms with Gasteiger partial charge < -0.3 is 15.2 Å². The van der Waals surface area contributed by atoms with Gasteiger partial charge in [0.15, 0.2) is 0 Å². The van der Waals surface area contributed by atoms with E-state index in [9.17, 15) is 9.59 Å². The number of halogens is 1. The molecule has 5 nitrogen and oxygen atoms in total. The van der Waals surface area contributed by atoms with E-state index in [1.165, 1.54) is 0 Å². The number of piperidine rings is 1. The van der Waals surface area contributed by atoms with Crippen LogP contribution in [0.5, 0.6) is 0 Å². The summed E-state index contributed by atoms with van der Waals surface area (Å²) in [4.78, 5) is 30.6. The number of H-pyrrole nitrogens is 1. The molecule has 1 saturated heterocycles. The third kappa shape index (κ3) is 4.59. The molecule has 2 heterocycles. The van der Waals surface area contributed by atoms with Crippen LogP contribution in [0.2, 0.25) is 0 Å². The summed E-state index contributed by atoms with van der Waals surface area (Å²) in [5.41, 5.74) is 2.68. The highest BCUT2D eigenvalue weighted by Crippen LogP contribution is 2.27. The number of carbonyl (C=O) groups excluding carboxylic acids is 2. The molecule has 2 N–H and O–H groups in total. The predicted molar refractivity (Wildman–Crippen MR) is 122 cm³/mol. The van der Waals surface area contributed by atoms with E-state index in [2.05, 4.69) is 26.2 Å². The maximum absolute atomic E-state index is 12.9. The van der Waals surface area contributed by atoms with Crippen LogP contribution in [-0.4, -0.2) is 34.8 Å². The van der Waals surface area contributed by atoms with Gasteiger partial charge in [-0.2, -0.15) is 0 Å². The van der Waals surface area contributed by atoms with Crippen molar-refractivity contribution >= 4 is 38.6 Å². The van der Waals surface area contributed by atoms with Crippen molar-refractivity contribution in [3.05, 3.63) is 70.3 Å². The highest BCUT2D eigenvalue weighted by atomic mass is 79.9. The lowest BCUT2D eigenvalue weighted by Crippen LogP contribution is -2.42. The first-order valence-electron chi connectivity index (χ1n) is 10.4. The van der Waals surface area contributed by atoms with Gasteiger partial charge in [-0.3, -0.25) is 9.59 Å². The summed E-state index contributed by atoms with van der Waals surface area (Å²) in [5.74, 6) is 0.341. The third-order valence-electron chi connectivity index (χ3n) is 6.06. The van der Waals surface area contributed by atoms with Crippen LogP contribution < -0.4 is 5.32 Å². The Morgan fingerprint density at radius 3 is 2.63 bits per heavy atom. The van der Waals surface area contributed by atoms with E-state index in [0.29, 0.717) is 31.2 Å². The van der Waals surface area contributed by atoms with Crippen LogP contribution in [0.1, 0.15) is 35.8 Å². The number of hydrogen-bond acceptors (Lipinski definition) is 2. The maximum atomic E-state index is 12.9. The number of benzene rings is 2. The topological polar surface area (TPSA) is 65.2 Å². The minimum Gasteiger partial charge on any atom is -0.352 e. The highest BCUT2D eigenvalue weighted by Gasteiger charge is 2.30. The Bertz CT molecular complexity index is 1020. The normalized spacial score (nSPS) is 15.9. The van der Waals surface area contributed by atoms with Gasteiger partial charge in [-0.25, -0.2) is 0 Å². The zero-order valence-corrected chi connectivity index (χ0v) is 18.6. The van der Waals surface area contributed by atoms with E-state index in [0.717, 1.165) is 33.8 Å². The highest BCUT2D eigenvalue weighted by molar-refractivity contribution is 9.10.